The largest absolute Gasteiger partial charge is 0.488 e. The molecule has 2 rings (SSSR count). The van der Waals surface area contributed by atoms with Crippen LogP contribution in [0.25, 0.3) is 0 Å². The van der Waals surface area contributed by atoms with Gasteiger partial charge in [0.15, 0.2) is 0 Å². The van der Waals surface area contributed by atoms with E-state index in [4.69, 9.17) is 27.3 Å². The Morgan fingerprint density at radius 3 is 2.76 bits per heavy atom. The van der Waals surface area contributed by atoms with Crippen LogP contribution in [-0.2, 0) is 6.61 Å². The number of rotatable bonds is 4. The third-order valence-corrected chi connectivity index (χ3v) is 3.00. The smallest absolute Gasteiger partial charge is 0.252 e. The summed E-state index contributed by atoms with van der Waals surface area (Å²) in [6.07, 6.45) is 0. The van der Waals surface area contributed by atoms with Crippen molar-refractivity contribution in [2.75, 3.05) is 0 Å². The molecule has 2 aromatic rings. The van der Waals surface area contributed by atoms with Crippen molar-refractivity contribution in [3.8, 4) is 11.8 Å². The van der Waals surface area contributed by atoms with E-state index in [-0.39, 0.29) is 23.5 Å². The van der Waals surface area contributed by atoms with E-state index in [1.54, 1.807) is 0 Å². The van der Waals surface area contributed by atoms with Gasteiger partial charge in [-0.15, -0.1) is 0 Å². The Kier molecular flexibility index (Phi) is 4.41. The number of benzene rings is 2. The van der Waals surface area contributed by atoms with Gasteiger partial charge < -0.3 is 10.5 Å². The molecule has 0 saturated carbocycles. The summed E-state index contributed by atoms with van der Waals surface area (Å²) in [6, 6.07) is 10.2. The molecule has 6 heteroatoms. The van der Waals surface area contributed by atoms with Gasteiger partial charge in [-0.25, -0.2) is 4.39 Å². The van der Waals surface area contributed by atoms with Gasteiger partial charge in [-0.1, -0.05) is 11.6 Å². The number of halogens is 2. The zero-order valence-electron chi connectivity index (χ0n) is 10.8. The molecule has 0 spiro atoms. The number of nitriles is 1. The number of hydrogen-bond acceptors (Lipinski definition) is 3. The van der Waals surface area contributed by atoms with Crippen LogP contribution in [0.3, 0.4) is 0 Å². The van der Waals surface area contributed by atoms with E-state index in [0.717, 1.165) is 0 Å². The molecule has 21 heavy (non-hydrogen) atoms. The van der Waals surface area contributed by atoms with E-state index in [1.165, 1.54) is 36.4 Å². The third-order valence-electron chi connectivity index (χ3n) is 2.77. The zero-order valence-corrected chi connectivity index (χ0v) is 11.5. The summed E-state index contributed by atoms with van der Waals surface area (Å²) in [5.74, 6) is -1.01. The maximum atomic E-state index is 13.6. The molecular weight excluding hydrogens is 295 g/mol. The van der Waals surface area contributed by atoms with E-state index in [9.17, 15) is 9.18 Å². The van der Waals surface area contributed by atoms with Gasteiger partial charge in [0, 0.05) is 10.6 Å². The number of ether oxygens (including phenoxy) is 1. The van der Waals surface area contributed by atoms with Crippen molar-refractivity contribution in [1.82, 2.24) is 0 Å². The average Bonchev–Trinajstić information content (AvgIpc) is 2.46. The molecule has 0 heterocycles. The summed E-state index contributed by atoms with van der Waals surface area (Å²) in [4.78, 5) is 11.3. The predicted molar refractivity (Wildman–Crippen MR) is 75.4 cm³/mol. The summed E-state index contributed by atoms with van der Waals surface area (Å²) < 4.78 is 19.1. The molecule has 0 unspecified atom stereocenters. The Morgan fingerprint density at radius 1 is 1.33 bits per heavy atom. The van der Waals surface area contributed by atoms with Gasteiger partial charge in [0.25, 0.3) is 5.91 Å². The van der Waals surface area contributed by atoms with E-state index in [1.807, 2.05) is 6.07 Å². The molecule has 2 aromatic carbocycles. The van der Waals surface area contributed by atoms with Crippen molar-refractivity contribution in [3.05, 3.63) is 63.9 Å². The fraction of sp³-hybridized carbons (Fsp3) is 0.0667. The molecule has 0 aliphatic heterocycles. The average molecular weight is 305 g/mol. The molecule has 4 nitrogen and oxygen atoms in total. The number of carbonyl (C=O) groups excluding carboxylic acids is 1. The molecule has 0 aliphatic carbocycles. The topological polar surface area (TPSA) is 76.1 Å². The quantitative estimate of drug-likeness (QED) is 0.943. The van der Waals surface area contributed by atoms with Gasteiger partial charge >= 0.3 is 0 Å². The highest BCUT2D eigenvalue weighted by molar-refractivity contribution is 6.30. The van der Waals surface area contributed by atoms with Gasteiger partial charge in [0.1, 0.15) is 18.2 Å². The molecule has 1 amide bonds. The maximum Gasteiger partial charge on any atom is 0.252 e. The van der Waals surface area contributed by atoms with E-state index >= 15 is 0 Å². The van der Waals surface area contributed by atoms with Crippen molar-refractivity contribution < 1.29 is 13.9 Å². The molecule has 0 bridgehead atoms. The van der Waals surface area contributed by atoms with Gasteiger partial charge in [0.2, 0.25) is 0 Å². The standard InChI is InChI=1S/C15H10ClFN2O2/c16-11-2-3-12(15(19)20)14(6-11)21-8-10-5-9(7-18)1-4-13(10)17/h1-6H,8H2,(H2,19,20). The Hall–Kier alpha value is -2.58. The Morgan fingerprint density at radius 2 is 2.10 bits per heavy atom. The SMILES string of the molecule is N#Cc1ccc(F)c(COc2cc(Cl)ccc2C(N)=O)c1. The molecule has 2 N–H and O–H groups in total. The van der Waals surface area contributed by atoms with Crippen LogP contribution in [0.15, 0.2) is 36.4 Å². The lowest BCUT2D eigenvalue weighted by Crippen LogP contribution is -2.13. The van der Waals surface area contributed by atoms with Crippen LogP contribution >= 0.6 is 11.6 Å². The Labute approximate surface area is 125 Å². The monoisotopic (exact) mass is 304 g/mol. The third kappa shape index (κ3) is 3.50. The summed E-state index contributed by atoms with van der Waals surface area (Å²) in [7, 11) is 0. The van der Waals surface area contributed by atoms with Gasteiger partial charge in [-0.3, -0.25) is 4.79 Å². The van der Waals surface area contributed by atoms with Crippen LogP contribution in [0, 0.1) is 17.1 Å². The summed E-state index contributed by atoms with van der Waals surface area (Å²) in [6.45, 7) is -0.151. The molecule has 0 aliphatic rings. The Balaban J connectivity index is 2.26. The van der Waals surface area contributed by atoms with E-state index in [0.29, 0.717) is 10.6 Å². The molecule has 0 saturated heterocycles. The number of hydrogen-bond donors (Lipinski definition) is 1. The molecular formula is C15H10ClFN2O2. The van der Waals surface area contributed by atoms with Crippen molar-refractivity contribution in [2.45, 2.75) is 6.61 Å². The van der Waals surface area contributed by atoms with E-state index in [2.05, 4.69) is 0 Å². The zero-order chi connectivity index (χ0) is 15.4. The predicted octanol–water partition coefficient (Wildman–Crippen LogP) is 3.03. The Bertz CT molecular complexity index is 741. The highest BCUT2D eigenvalue weighted by Gasteiger charge is 2.11. The molecule has 0 radical (unpaired) electrons. The number of nitrogens with two attached hydrogens (primary N) is 1. The minimum Gasteiger partial charge on any atom is -0.488 e. The van der Waals surface area contributed by atoms with Crippen LogP contribution < -0.4 is 10.5 Å². The van der Waals surface area contributed by atoms with Crippen molar-refractivity contribution in [1.29, 1.82) is 5.26 Å². The lowest BCUT2D eigenvalue weighted by Gasteiger charge is -2.11. The van der Waals surface area contributed by atoms with Gasteiger partial charge in [-0.2, -0.15) is 5.26 Å². The second-order valence-corrected chi connectivity index (χ2v) is 4.65. The first-order valence-corrected chi connectivity index (χ1v) is 6.29. The number of nitrogens with zero attached hydrogens (tertiary/aromatic N) is 1. The van der Waals surface area contributed by atoms with Crippen LogP contribution in [0.2, 0.25) is 5.02 Å². The second kappa shape index (κ2) is 6.25. The van der Waals surface area contributed by atoms with Crippen molar-refractivity contribution >= 4 is 17.5 Å². The highest BCUT2D eigenvalue weighted by Crippen LogP contribution is 2.24. The molecule has 0 aromatic heterocycles. The van der Waals surface area contributed by atoms with Crippen LogP contribution in [0.5, 0.6) is 5.75 Å². The van der Waals surface area contributed by atoms with Crippen molar-refractivity contribution in [2.24, 2.45) is 5.73 Å². The lowest BCUT2D eigenvalue weighted by molar-refractivity contribution is 0.0996. The normalized spacial score (nSPS) is 9.95. The van der Waals surface area contributed by atoms with Crippen LogP contribution in [0.1, 0.15) is 21.5 Å². The number of amides is 1. The number of carbonyl (C=O) groups is 1. The van der Waals surface area contributed by atoms with Crippen molar-refractivity contribution in [3.63, 3.8) is 0 Å². The fourth-order valence-corrected chi connectivity index (χ4v) is 1.89. The first kappa shape index (κ1) is 14.8. The summed E-state index contributed by atoms with van der Waals surface area (Å²) in [5.41, 5.74) is 5.89. The van der Waals surface area contributed by atoms with Crippen LogP contribution in [-0.4, -0.2) is 5.91 Å². The number of primary amides is 1. The maximum absolute atomic E-state index is 13.6. The van der Waals surface area contributed by atoms with Crippen LogP contribution in [0.4, 0.5) is 4.39 Å². The first-order chi connectivity index (χ1) is 10.0. The minimum absolute atomic E-state index is 0.149. The second-order valence-electron chi connectivity index (χ2n) is 4.21. The minimum atomic E-state index is -0.673. The first-order valence-electron chi connectivity index (χ1n) is 5.92. The molecule has 106 valence electrons. The fourth-order valence-electron chi connectivity index (χ4n) is 1.73. The summed E-state index contributed by atoms with van der Waals surface area (Å²) in [5, 5.41) is 9.16. The van der Waals surface area contributed by atoms with E-state index < -0.39 is 11.7 Å². The van der Waals surface area contributed by atoms with Gasteiger partial charge in [0.05, 0.1) is 17.2 Å². The van der Waals surface area contributed by atoms with Gasteiger partial charge in [-0.05, 0) is 36.4 Å². The molecule has 0 fully saturated rings. The lowest BCUT2D eigenvalue weighted by atomic mass is 10.1. The molecule has 0 atom stereocenters. The summed E-state index contributed by atoms with van der Waals surface area (Å²) >= 11 is 5.83. The highest BCUT2D eigenvalue weighted by atomic mass is 35.5.